The number of sulfonamides is 1. The van der Waals surface area contributed by atoms with Crippen LogP contribution in [0.5, 0.6) is 5.75 Å². The molecule has 0 radical (unpaired) electrons. The van der Waals surface area contributed by atoms with Gasteiger partial charge in [0, 0.05) is 6.07 Å². The van der Waals surface area contributed by atoms with E-state index in [-0.39, 0.29) is 4.90 Å². The van der Waals surface area contributed by atoms with Crippen LogP contribution in [0.15, 0.2) is 53.4 Å². The molecule has 19 heavy (non-hydrogen) atoms. The van der Waals surface area contributed by atoms with Gasteiger partial charge in [0.25, 0.3) is 10.0 Å². The standard InChI is InChI=1S/C14H15NO3S/c1-11-6-3-4-9-14(11)19(16,17)15-12-7-5-8-13(10-12)18-2/h3-10,15H,1-2H3. The molecule has 4 nitrogen and oxygen atoms in total. The summed E-state index contributed by atoms with van der Waals surface area (Å²) in [6, 6.07) is 13.7. The van der Waals surface area contributed by atoms with E-state index in [0.717, 1.165) is 0 Å². The fraction of sp³-hybridized carbons (Fsp3) is 0.143. The van der Waals surface area contributed by atoms with Crippen molar-refractivity contribution < 1.29 is 13.2 Å². The van der Waals surface area contributed by atoms with Gasteiger partial charge in [0.2, 0.25) is 0 Å². The zero-order valence-corrected chi connectivity index (χ0v) is 11.6. The van der Waals surface area contributed by atoms with E-state index in [1.165, 1.54) is 7.11 Å². The number of rotatable bonds is 4. The van der Waals surface area contributed by atoms with Crippen molar-refractivity contribution in [1.82, 2.24) is 0 Å². The molecular formula is C14H15NO3S. The summed E-state index contributed by atoms with van der Waals surface area (Å²) in [5, 5.41) is 0. The predicted molar refractivity (Wildman–Crippen MR) is 75.0 cm³/mol. The van der Waals surface area contributed by atoms with Crippen LogP contribution >= 0.6 is 0 Å². The van der Waals surface area contributed by atoms with Gasteiger partial charge in [-0.2, -0.15) is 0 Å². The number of ether oxygens (including phenoxy) is 1. The Morgan fingerprint density at radius 2 is 1.79 bits per heavy atom. The second-order valence-corrected chi connectivity index (χ2v) is 5.75. The molecule has 0 aliphatic rings. The molecule has 2 aromatic rings. The molecule has 0 fully saturated rings. The van der Waals surface area contributed by atoms with E-state index >= 15 is 0 Å². The molecule has 5 heteroatoms. The Bertz CT molecular complexity index is 681. The Morgan fingerprint density at radius 1 is 1.05 bits per heavy atom. The van der Waals surface area contributed by atoms with Gasteiger partial charge in [0.1, 0.15) is 5.75 Å². The van der Waals surface area contributed by atoms with Crippen LogP contribution in [0.2, 0.25) is 0 Å². The van der Waals surface area contributed by atoms with Gasteiger partial charge >= 0.3 is 0 Å². The molecule has 0 amide bonds. The number of nitrogens with one attached hydrogen (secondary N) is 1. The molecule has 0 spiro atoms. The molecule has 0 heterocycles. The third kappa shape index (κ3) is 3.06. The van der Waals surface area contributed by atoms with Gasteiger partial charge in [0.05, 0.1) is 17.7 Å². The van der Waals surface area contributed by atoms with Crippen LogP contribution in [-0.2, 0) is 10.0 Å². The highest BCUT2D eigenvalue weighted by atomic mass is 32.2. The number of hydrogen-bond acceptors (Lipinski definition) is 3. The number of hydrogen-bond donors (Lipinski definition) is 1. The van der Waals surface area contributed by atoms with Gasteiger partial charge < -0.3 is 4.74 Å². The fourth-order valence-corrected chi connectivity index (χ4v) is 3.05. The van der Waals surface area contributed by atoms with Crippen molar-refractivity contribution in [2.45, 2.75) is 11.8 Å². The molecule has 0 unspecified atom stereocenters. The lowest BCUT2D eigenvalue weighted by Crippen LogP contribution is -2.14. The van der Waals surface area contributed by atoms with E-state index in [1.807, 2.05) is 0 Å². The lowest BCUT2D eigenvalue weighted by Gasteiger charge is -2.10. The minimum atomic E-state index is -3.57. The van der Waals surface area contributed by atoms with Crippen LogP contribution in [0.4, 0.5) is 5.69 Å². The Morgan fingerprint density at radius 3 is 2.47 bits per heavy atom. The molecule has 0 aliphatic carbocycles. The van der Waals surface area contributed by atoms with Crippen molar-refractivity contribution in [1.29, 1.82) is 0 Å². The first-order valence-corrected chi connectivity index (χ1v) is 7.24. The van der Waals surface area contributed by atoms with E-state index in [2.05, 4.69) is 4.72 Å². The molecule has 0 atom stereocenters. The summed E-state index contributed by atoms with van der Waals surface area (Å²) in [5.41, 5.74) is 1.18. The SMILES string of the molecule is COc1cccc(NS(=O)(=O)c2ccccc2C)c1. The minimum Gasteiger partial charge on any atom is -0.497 e. The maximum atomic E-state index is 12.3. The Labute approximate surface area is 113 Å². The highest BCUT2D eigenvalue weighted by Gasteiger charge is 2.16. The highest BCUT2D eigenvalue weighted by molar-refractivity contribution is 7.92. The summed E-state index contributed by atoms with van der Waals surface area (Å²) >= 11 is 0. The second kappa shape index (κ2) is 5.32. The molecule has 2 rings (SSSR count). The molecule has 100 valence electrons. The maximum absolute atomic E-state index is 12.3. The number of anilines is 1. The van der Waals surface area contributed by atoms with Crippen LogP contribution in [-0.4, -0.2) is 15.5 Å². The van der Waals surface area contributed by atoms with E-state index < -0.39 is 10.0 Å². The van der Waals surface area contributed by atoms with E-state index in [0.29, 0.717) is 17.0 Å². The van der Waals surface area contributed by atoms with Crippen LogP contribution in [0.3, 0.4) is 0 Å². The summed E-state index contributed by atoms with van der Waals surface area (Å²) in [6.07, 6.45) is 0. The minimum absolute atomic E-state index is 0.276. The third-order valence-electron chi connectivity index (χ3n) is 2.71. The van der Waals surface area contributed by atoms with Crippen molar-refractivity contribution in [3.05, 3.63) is 54.1 Å². The Hall–Kier alpha value is -2.01. The topological polar surface area (TPSA) is 55.4 Å². The number of aryl methyl sites for hydroxylation is 1. The normalized spacial score (nSPS) is 11.1. The van der Waals surface area contributed by atoms with Gasteiger partial charge in [-0.05, 0) is 30.7 Å². The van der Waals surface area contributed by atoms with Crippen molar-refractivity contribution in [3.8, 4) is 5.75 Å². The van der Waals surface area contributed by atoms with Crippen LogP contribution in [0.1, 0.15) is 5.56 Å². The van der Waals surface area contributed by atoms with Crippen molar-refractivity contribution in [2.24, 2.45) is 0 Å². The van der Waals surface area contributed by atoms with Gasteiger partial charge in [-0.3, -0.25) is 4.72 Å². The predicted octanol–water partition coefficient (Wildman–Crippen LogP) is 2.80. The molecule has 2 aromatic carbocycles. The molecule has 0 saturated heterocycles. The highest BCUT2D eigenvalue weighted by Crippen LogP contribution is 2.22. The summed E-state index contributed by atoms with van der Waals surface area (Å²) < 4.78 is 32.1. The van der Waals surface area contributed by atoms with Crippen LogP contribution in [0, 0.1) is 6.92 Å². The quantitative estimate of drug-likeness (QED) is 0.935. The summed E-state index contributed by atoms with van der Waals surface area (Å²) in [7, 11) is -2.04. The van der Waals surface area contributed by atoms with Gasteiger partial charge in [-0.25, -0.2) is 8.42 Å². The molecule has 0 aromatic heterocycles. The number of methoxy groups -OCH3 is 1. The van der Waals surface area contributed by atoms with Gasteiger partial charge in [-0.1, -0.05) is 24.3 Å². The Kier molecular flexibility index (Phi) is 3.76. The summed E-state index contributed by atoms with van der Waals surface area (Å²) in [5.74, 6) is 0.602. The first kappa shape index (κ1) is 13.4. The number of benzene rings is 2. The first-order valence-electron chi connectivity index (χ1n) is 5.75. The first-order chi connectivity index (χ1) is 9.03. The molecule has 0 saturated carbocycles. The van der Waals surface area contributed by atoms with E-state index in [4.69, 9.17) is 4.74 Å². The summed E-state index contributed by atoms with van der Waals surface area (Å²) in [6.45, 7) is 1.76. The smallest absolute Gasteiger partial charge is 0.262 e. The van der Waals surface area contributed by atoms with E-state index in [1.54, 1.807) is 55.5 Å². The zero-order chi connectivity index (χ0) is 13.9. The van der Waals surface area contributed by atoms with Crippen LogP contribution in [0.25, 0.3) is 0 Å². The zero-order valence-electron chi connectivity index (χ0n) is 10.8. The molecule has 1 N–H and O–H groups in total. The maximum Gasteiger partial charge on any atom is 0.262 e. The van der Waals surface area contributed by atoms with Crippen molar-refractivity contribution in [3.63, 3.8) is 0 Å². The van der Waals surface area contributed by atoms with Crippen molar-refractivity contribution in [2.75, 3.05) is 11.8 Å². The van der Waals surface area contributed by atoms with Crippen molar-refractivity contribution >= 4 is 15.7 Å². The van der Waals surface area contributed by atoms with Crippen LogP contribution < -0.4 is 9.46 Å². The molecular weight excluding hydrogens is 262 g/mol. The van der Waals surface area contributed by atoms with E-state index in [9.17, 15) is 8.42 Å². The fourth-order valence-electron chi connectivity index (χ4n) is 1.75. The second-order valence-electron chi connectivity index (χ2n) is 4.10. The third-order valence-corrected chi connectivity index (χ3v) is 4.25. The summed E-state index contributed by atoms with van der Waals surface area (Å²) in [4.78, 5) is 0.276. The van der Waals surface area contributed by atoms with Gasteiger partial charge in [0.15, 0.2) is 0 Å². The molecule has 0 bridgehead atoms. The van der Waals surface area contributed by atoms with Gasteiger partial charge in [-0.15, -0.1) is 0 Å². The lowest BCUT2D eigenvalue weighted by molar-refractivity contribution is 0.415. The average Bonchev–Trinajstić information content (AvgIpc) is 2.38. The Balaban J connectivity index is 2.34. The average molecular weight is 277 g/mol. The largest absolute Gasteiger partial charge is 0.497 e. The molecule has 0 aliphatic heterocycles. The lowest BCUT2D eigenvalue weighted by atomic mass is 10.2. The monoisotopic (exact) mass is 277 g/mol.